The van der Waals surface area contributed by atoms with Gasteiger partial charge in [0.15, 0.2) is 11.5 Å². The molecule has 0 saturated carbocycles. The van der Waals surface area contributed by atoms with Crippen LogP contribution in [0.1, 0.15) is 15.9 Å². The molecule has 0 aromatic heterocycles. The first-order chi connectivity index (χ1) is 12.3. The molecule has 9 nitrogen and oxygen atoms in total. The van der Waals surface area contributed by atoms with Crippen molar-refractivity contribution in [1.29, 1.82) is 0 Å². The summed E-state index contributed by atoms with van der Waals surface area (Å²) in [5, 5.41) is 21.1. The third-order valence-corrected chi connectivity index (χ3v) is 3.48. The highest BCUT2D eigenvalue weighted by atomic mass is 35.5. The van der Waals surface area contributed by atoms with E-state index in [1.165, 1.54) is 43.5 Å². The summed E-state index contributed by atoms with van der Waals surface area (Å²) in [6.45, 7) is 0. The van der Waals surface area contributed by atoms with Crippen molar-refractivity contribution in [1.82, 2.24) is 0 Å². The first-order valence-corrected chi connectivity index (χ1v) is 7.35. The fourth-order valence-electron chi connectivity index (χ4n) is 1.96. The van der Waals surface area contributed by atoms with Gasteiger partial charge in [-0.05, 0) is 29.8 Å². The first-order valence-electron chi connectivity index (χ1n) is 6.97. The van der Waals surface area contributed by atoms with E-state index < -0.39 is 21.5 Å². The quantitative estimate of drug-likeness (QED) is 0.325. The molecule has 0 fully saturated rings. The summed E-state index contributed by atoms with van der Waals surface area (Å²) in [4.78, 5) is 32.1. The van der Waals surface area contributed by atoms with Gasteiger partial charge < -0.3 is 9.47 Å². The Morgan fingerprint density at radius 3 is 2.46 bits per heavy atom. The SMILES string of the molecule is COc1cc(C=C[N+](=O)[O-])ccc1OC(=O)c1ccc(Cl)c([N+](=O)[O-])c1. The van der Waals surface area contributed by atoms with Gasteiger partial charge in [0, 0.05) is 12.1 Å². The lowest BCUT2D eigenvalue weighted by Crippen LogP contribution is -2.10. The van der Waals surface area contributed by atoms with Crippen LogP contribution in [0.3, 0.4) is 0 Å². The smallest absolute Gasteiger partial charge is 0.343 e. The lowest BCUT2D eigenvalue weighted by molar-refractivity contribution is -0.400. The molecule has 0 heterocycles. The number of nitro groups is 2. The Morgan fingerprint density at radius 2 is 1.85 bits per heavy atom. The van der Waals surface area contributed by atoms with E-state index in [1.807, 2.05) is 0 Å². The maximum absolute atomic E-state index is 12.2. The van der Waals surface area contributed by atoms with Crippen molar-refractivity contribution in [3.05, 3.63) is 79.0 Å². The normalized spacial score (nSPS) is 10.5. The predicted molar refractivity (Wildman–Crippen MR) is 92.1 cm³/mol. The number of nitrogens with zero attached hydrogens (tertiary/aromatic N) is 2. The Morgan fingerprint density at radius 1 is 1.12 bits per heavy atom. The monoisotopic (exact) mass is 378 g/mol. The summed E-state index contributed by atoms with van der Waals surface area (Å²) >= 11 is 5.70. The molecule has 0 aliphatic carbocycles. The molecular formula is C16H11ClN2O7. The van der Waals surface area contributed by atoms with Crippen molar-refractivity contribution in [3.63, 3.8) is 0 Å². The van der Waals surface area contributed by atoms with Crippen molar-refractivity contribution < 1.29 is 24.1 Å². The summed E-state index contributed by atoms with van der Waals surface area (Å²) in [5.74, 6) is -0.641. The Labute approximate surface area is 151 Å². The molecule has 0 radical (unpaired) electrons. The van der Waals surface area contributed by atoms with Crippen LogP contribution in [0.2, 0.25) is 5.02 Å². The molecule has 0 N–H and O–H groups in total. The molecule has 0 saturated heterocycles. The van der Waals surface area contributed by atoms with E-state index in [0.717, 1.165) is 12.3 Å². The number of halogens is 1. The minimum atomic E-state index is -0.850. The van der Waals surface area contributed by atoms with Gasteiger partial charge in [-0.2, -0.15) is 0 Å². The van der Waals surface area contributed by atoms with E-state index in [4.69, 9.17) is 21.1 Å². The number of rotatable bonds is 6. The van der Waals surface area contributed by atoms with E-state index in [9.17, 15) is 25.0 Å². The number of hydrogen-bond acceptors (Lipinski definition) is 7. The number of ether oxygens (including phenoxy) is 2. The second kappa shape index (κ2) is 8.08. The van der Waals surface area contributed by atoms with Gasteiger partial charge in [-0.15, -0.1) is 0 Å². The van der Waals surface area contributed by atoms with Gasteiger partial charge in [0.25, 0.3) is 5.69 Å². The molecule has 2 rings (SSSR count). The van der Waals surface area contributed by atoms with Crippen molar-refractivity contribution in [2.45, 2.75) is 0 Å². The highest BCUT2D eigenvalue weighted by molar-refractivity contribution is 6.32. The zero-order chi connectivity index (χ0) is 19.3. The van der Waals surface area contributed by atoms with Crippen LogP contribution >= 0.6 is 11.6 Å². The third-order valence-electron chi connectivity index (χ3n) is 3.16. The van der Waals surface area contributed by atoms with E-state index >= 15 is 0 Å². The van der Waals surface area contributed by atoms with Gasteiger partial charge in [0.2, 0.25) is 6.20 Å². The Bertz CT molecular complexity index is 911. The largest absolute Gasteiger partial charge is 0.493 e. The van der Waals surface area contributed by atoms with E-state index in [2.05, 4.69) is 0 Å². The van der Waals surface area contributed by atoms with Crippen molar-refractivity contribution in [2.75, 3.05) is 7.11 Å². The third kappa shape index (κ3) is 4.54. The molecule has 2 aromatic rings. The average Bonchev–Trinajstić information content (AvgIpc) is 2.60. The zero-order valence-corrected chi connectivity index (χ0v) is 14.0. The predicted octanol–water partition coefficient (Wildman–Crippen LogP) is 3.72. The molecular weight excluding hydrogens is 368 g/mol. The number of nitro benzene ring substituents is 1. The zero-order valence-electron chi connectivity index (χ0n) is 13.2. The Balaban J connectivity index is 2.27. The topological polar surface area (TPSA) is 122 Å². The van der Waals surface area contributed by atoms with Gasteiger partial charge in [-0.1, -0.05) is 17.7 Å². The second-order valence-electron chi connectivity index (χ2n) is 4.82. The number of hydrogen-bond donors (Lipinski definition) is 0. The Kier molecular flexibility index (Phi) is 5.86. The number of carbonyl (C=O) groups excluding carboxylic acids is 1. The molecule has 0 unspecified atom stereocenters. The summed E-state index contributed by atoms with van der Waals surface area (Å²) in [7, 11) is 1.33. The minimum Gasteiger partial charge on any atom is -0.493 e. The molecule has 0 bridgehead atoms. The number of benzene rings is 2. The average molecular weight is 379 g/mol. The minimum absolute atomic E-state index is 0.0494. The molecule has 0 atom stereocenters. The van der Waals surface area contributed by atoms with Crippen LogP contribution in [0.15, 0.2) is 42.6 Å². The van der Waals surface area contributed by atoms with Crippen LogP contribution in [0, 0.1) is 20.2 Å². The summed E-state index contributed by atoms with van der Waals surface area (Å²) < 4.78 is 10.3. The summed E-state index contributed by atoms with van der Waals surface area (Å²) in [6, 6.07) is 7.83. The second-order valence-corrected chi connectivity index (χ2v) is 5.23. The number of esters is 1. The van der Waals surface area contributed by atoms with Gasteiger partial charge in [-0.3, -0.25) is 20.2 Å². The Hall–Kier alpha value is -3.46. The lowest BCUT2D eigenvalue weighted by Gasteiger charge is -2.10. The number of carbonyl (C=O) groups is 1. The van der Waals surface area contributed by atoms with E-state index in [1.54, 1.807) is 0 Å². The summed E-state index contributed by atoms with van der Waals surface area (Å²) in [6.07, 6.45) is 2.00. The van der Waals surface area contributed by atoms with Gasteiger partial charge in [0.05, 0.1) is 22.5 Å². The molecule has 0 spiro atoms. The number of methoxy groups -OCH3 is 1. The highest BCUT2D eigenvalue weighted by Gasteiger charge is 2.19. The van der Waals surface area contributed by atoms with Crippen LogP contribution in [0.5, 0.6) is 11.5 Å². The van der Waals surface area contributed by atoms with Crippen LogP contribution in [0.4, 0.5) is 5.69 Å². The summed E-state index contributed by atoms with van der Waals surface area (Å²) in [5.41, 5.74) is -0.0331. The van der Waals surface area contributed by atoms with E-state index in [-0.39, 0.29) is 22.1 Å². The molecule has 26 heavy (non-hydrogen) atoms. The molecule has 134 valence electrons. The molecule has 10 heteroatoms. The maximum atomic E-state index is 12.2. The lowest BCUT2D eigenvalue weighted by atomic mass is 10.2. The highest BCUT2D eigenvalue weighted by Crippen LogP contribution is 2.30. The fourth-order valence-corrected chi connectivity index (χ4v) is 2.14. The first kappa shape index (κ1) is 18.9. The van der Waals surface area contributed by atoms with Crippen molar-refractivity contribution in [3.8, 4) is 11.5 Å². The standard InChI is InChI=1S/C16H11ClN2O7/c1-25-15-8-10(6-7-18(21)22)2-5-14(15)26-16(20)11-3-4-12(17)13(9-11)19(23)24/h2-9H,1H3. The van der Waals surface area contributed by atoms with Crippen LogP contribution in [-0.4, -0.2) is 22.9 Å². The van der Waals surface area contributed by atoms with Crippen LogP contribution in [-0.2, 0) is 0 Å². The van der Waals surface area contributed by atoms with Gasteiger partial charge in [0.1, 0.15) is 5.02 Å². The van der Waals surface area contributed by atoms with Crippen molar-refractivity contribution in [2.24, 2.45) is 0 Å². The molecule has 0 aliphatic rings. The molecule has 2 aromatic carbocycles. The van der Waals surface area contributed by atoms with Gasteiger partial charge in [-0.25, -0.2) is 4.79 Å². The molecule has 0 aliphatic heterocycles. The van der Waals surface area contributed by atoms with E-state index in [0.29, 0.717) is 5.56 Å². The fraction of sp³-hybridized carbons (Fsp3) is 0.0625. The van der Waals surface area contributed by atoms with Crippen molar-refractivity contribution >= 4 is 29.3 Å². The van der Waals surface area contributed by atoms with Gasteiger partial charge >= 0.3 is 5.97 Å². The van der Waals surface area contributed by atoms with Crippen LogP contribution < -0.4 is 9.47 Å². The molecule has 0 amide bonds. The van der Waals surface area contributed by atoms with Crippen LogP contribution in [0.25, 0.3) is 6.08 Å². The maximum Gasteiger partial charge on any atom is 0.343 e.